The number of quaternary nitrogens is 1. The number of rotatable bonds is 2. The average Bonchev–Trinajstić information content (AvgIpc) is 3.22. The van der Waals surface area contributed by atoms with Gasteiger partial charge in [0.25, 0.3) is 0 Å². The number of benzene rings is 2. The fourth-order valence-electron chi connectivity index (χ4n) is 4.46. The van der Waals surface area contributed by atoms with Gasteiger partial charge in [-0.05, 0) is 24.6 Å². The fourth-order valence-corrected chi connectivity index (χ4v) is 4.46. The van der Waals surface area contributed by atoms with E-state index in [0.717, 1.165) is 13.0 Å². The third-order valence-corrected chi connectivity index (χ3v) is 5.63. The Balaban J connectivity index is 1.77. The Hall–Kier alpha value is -2.52. The van der Waals surface area contributed by atoms with Crippen LogP contribution in [0.15, 0.2) is 54.7 Å². The lowest BCUT2D eigenvalue weighted by Gasteiger charge is -2.32. The quantitative estimate of drug-likeness (QED) is 0.508. The Bertz CT molecular complexity index is 1020. The molecule has 4 aromatic rings. The van der Waals surface area contributed by atoms with Gasteiger partial charge < -0.3 is 14.9 Å². The number of fused-ring (bicyclic) bond motifs is 4. The lowest BCUT2D eigenvalue weighted by molar-refractivity contribution is -0.926. The Morgan fingerprint density at radius 1 is 1.00 bits per heavy atom. The zero-order chi connectivity index (χ0) is 16.1. The van der Waals surface area contributed by atoms with Crippen LogP contribution in [0.1, 0.15) is 29.8 Å². The van der Waals surface area contributed by atoms with Crippen molar-refractivity contribution in [1.82, 2.24) is 9.97 Å². The number of aromatic nitrogens is 2. The van der Waals surface area contributed by atoms with E-state index in [4.69, 9.17) is 0 Å². The molecule has 1 aliphatic heterocycles. The molecular formula is C21H22N3+. The van der Waals surface area contributed by atoms with Gasteiger partial charge in [-0.3, -0.25) is 0 Å². The van der Waals surface area contributed by atoms with Crippen LogP contribution in [-0.4, -0.2) is 23.1 Å². The average molecular weight is 316 g/mol. The van der Waals surface area contributed by atoms with Crippen LogP contribution in [0, 0.1) is 0 Å². The smallest absolute Gasteiger partial charge is 0.156 e. The normalized spacial score (nSPS) is 20.5. The minimum Gasteiger partial charge on any atom is -0.361 e. The van der Waals surface area contributed by atoms with Crippen molar-refractivity contribution in [2.45, 2.75) is 19.4 Å². The summed E-state index contributed by atoms with van der Waals surface area (Å²) >= 11 is 0. The molecule has 0 spiro atoms. The molecule has 5 rings (SSSR count). The summed E-state index contributed by atoms with van der Waals surface area (Å²) in [6.45, 7) is 4.62. The van der Waals surface area contributed by atoms with Crippen LogP contribution in [0.25, 0.3) is 21.8 Å². The Morgan fingerprint density at radius 3 is 2.58 bits per heavy atom. The van der Waals surface area contributed by atoms with Crippen LogP contribution in [0.5, 0.6) is 0 Å². The molecule has 0 fully saturated rings. The molecule has 3 heteroatoms. The minimum atomic E-state index is 0.377. The zero-order valence-corrected chi connectivity index (χ0v) is 13.9. The summed E-state index contributed by atoms with van der Waals surface area (Å²) in [4.78, 5) is 8.85. The van der Waals surface area contributed by atoms with Crippen LogP contribution in [0.2, 0.25) is 0 Å². The van der Waals surface area contributed by atoms with Crippen molar-refractivity contribution in [3.63, 3.8) is 0 Å². The number of aromatic amines is 2. The van der Waals surface area contributed by atoms with Crippen molar-refractivity contribution < 1.29 is 4.90 Å². The minimum absolute atomic E-state index is 0.377. The van der Waals surface area contributed by atoms with Gasteiger partial charge in [0.05, 0.1) is 18.8 Å². The first-order chi connectivity index (χ1) is 11.9. The molecule has 2 atom stereocenters. The van der Waals surface area contributed by atoms with E-state index in [1.165, 1.54) is 45.2 Å². The maximum Gasteiger partial charge on any atom is 0.156 e. The molecule has 24 heavy (non-hydrogen) atoms. The summed E-state index contributed by atoms with van der Waals surface area (Å²) in [5.41, 5.74) is 6.83. The third-order valence-electron chi connectivity index (χ3n) is 5.63. The van der Waals surface area contributed by atoms with Crippen molar-refractivity contribution in [3.8, 4) is 0 Å². The second-order valence-corrected chi connectivity index (χ2v) is 6.80. The van der Waals surface area contributed by atoms with Crippen molar-refractivity contribution in [2.24, 2.45) is 0 Å². The molecule has 3 nitrogen and oxygen atoms in total. The molecule has 3 N–H and O–H groups in total. The standard InChI is InChI=1S/C21H21N3/c1-2-24-12-11-16-14-7-4-6-10-19(14)23-20(16)21(24)17-13-22-18-9-5-3-8-15(17)18/h3-10,13,21-23H,2,11-12H2,1H3/p+1/t21-/m1/s1. The van der Waals surface area contributed by atoms with Crippen molar-refractivity contribution in [2.75, 3.05) is 13.1 Å². The van der Waals surface area contributed by atoms with E-state index >= 15 is 0 Å². The summed E-state index contributed by atoms with van der Waals surface area (Å²) in [6, 6.07) is 17.8. The lowest BCUT2D eigenvalue weighted by Crippen LogP contribution is -3.13. The number of likely N-dealkylation sites (N-methyl/N-ethyl adjacent to an activating group) is 1. The Kier molecular flexibility index (Phi) is 3.03. The molecule has 2 aromatic carbocycles. The largest absolute Gasteiger partial charge is 0.361 e. The van der Waals surface area contributed by atoms with Crippen molar-refractivity contribution in [1.29, 1.82) is 0 Å². The van der Waals surface area contributed by atoms with Gasteiger partial charge in [-0.25, -0.2) is 0 Å². The van der Waals surface area contributed by atoms with E-state index in [-0.39, 0.29) is 0 Å². The molecule has 0 radical (unpaired) electrons. The zero-order valence-electron chi connectivity index (χ0n) is 13.9. The monoisotopic (exact) mass is 316 g/mol. The first-order valence-electron chi connectivity index (χ1n) is 8.87. The highest BCUT2D eigenvalue weighted by Gasteiger charge is 2.35. The second kappa shape index (κ2) is 5.25. The molecule has 0 saturated carbocycles. The number of H-pyrrole nitrogens is 2. The highest BCUT2D eigenvalue weighted by Crippen LogP contribution is 2.34. The molecule has 0 bridgehead atoms. The fraction of sp³-hybridized carbons (Fsp3) is 0.238. The van der Waals surface area contributed by atoms with E-state index in [2.05, 4.69) is 71.6 Å². The summed E-state index contributed by atoms with van der Waals surface area (Å²) in [5, 5.41) is 2.74. The van der Waals surface area contributed by atoms with Crippen molar-refractivity contribution in [3.05, 3.63) is 71.5 Å². The maximum atomic E-state index is 3.75. The molecule has 1 aliphatic rings. The van der Waals surface area contributed by atoms with Gasteiger partial charge >= 0.3 is 0 Å². The number of nitrogens with one attached hydrogen (secondary N) is 3. The molecule has 1 unspecified atom stereocenters. The van der Waals surface area contributed by atoms with Gasteiger partial charge in [0.15, 0.2) is 6.04 Å². The third kappa shape index (κ3) is 1.88. The maximum absolute atomic E-state index is 3.75. The van der Waals surface area contributed by atoms with Crippen LogP contribution in [-0.2, 0) is 6.42 Å². The summed E-state index contributed by atoms with van der Waals surface area (Å²) in [7, 11) is 0. The first kappa shape index (κ1) is 13.9. The van der Waals surface area contributed by atoms with E-state index in [1.54, 1.807) is 4.90 Å². The number of hydrogen-bond donors (Lipinski definition) is 3. The number of hydrogen-bond acceptors (Lipinski definition) is 0. The SMILES string of the molecule is CC[NH+]1CCc2c([nH]c3ccccc23)[C@H]1c1c[nH]c2ccccc12. The van der Waals surface area contributed by atoms with E-state index in [0.29, 0.717) is 6.04 Å². The Morgan fingerprint density at radius 2 is 1.75 bits per heavy atom. The highest BCUT2D eigenvalue weighted by atomic mass is 15.2. The van der Waals surface area contributed by atoms with E-state index < -0.39 is 0 Å². The predicted octanol–water partition coefficient (Wildman–Crippen LogP) is 3.20. The van der Waals surface area contributed by atoms with Crippen molar-refractivity contribution >= 4 is 21.8 Å². The van der Waals surface area contributed by atoms with Crippen LogP contribution in [0.4, 0.5) is 0 Å². The van der Waals surface area contributed by atoms with Crippen LogP contribution >= 0.6 is 0 Å². The van der Waals surface area contributed by atoms with Gasteiger partial charge in [-0.2, -0.15) is 0 Å². The second-order valence-electron chi connectivity index (χ2n) is 6.80. The molecule has 120 valence electrons. The summed E-state index contributed by atoms with van der Waals surface area (Å²) in [5.74, 6) is 0. The highest BCUT2D eigenvalue weighted by molar-refractivity contribution is 5.87. The van der Waals surface area contributed by atoms with Crippen LogP contribution < -0.4 is 4.90 Å². The predicted molar refractivity (Wildman–Crippen MR) is 98.5 cm³/mol. The molecule has 0 amide bonds. The van der Waals surface area contributed by atoms with Crippen LogP contribution in [0.3, 0.4) is 0 Å². The molecule has 0 saturated heterocycles. The van der Waals surface area contributed by atoms with Gasteiger partial charge in [-0.1, -0.05) is 36.4 Å². The van der Waals surface area contributed by atoms with E-state index in [1.807, 2.05) is 0 Å². The molecular weight excluding hydrogens is 294 g/mol. The van der Waals surface area contributed by atoms with Gasteiger partial charge in [0.1, 0.15) is 0 Å². The molecule has 2 aromatic heterocycles. The number of para-hydroxylation sites is 2. The molecule has 0 aliphatic carbocycles. The molecule has 3 heterocycles. The van der Waals surface area contributed by atoms with Gasteiger partial charge in [-0.15, -0.1) is 0 Å². The summed E-state index contributed by atoms with van der Waals surface area (Å²) < 4.78 is 0. The topological polar surface area (TPSA) is 36.0 Å². The van der Waals surface area contributed by atoms with Gasteiger partial charge in [0, 0.05) is 40.0 Å². The van der Waals surface area contributed by atoms with Gasteiger partial charge in [0.2, 0.25) is 0 Å². The van der Waals surface area contributed by atoms with E-state index in [9.17, 15) is 0 Å². The summed E-state index contributed by atoms with van der Waals surface area (Å²) in [6.07, 6.45) is 3.37. The lowest BCUT2D eigenvalue weighted by atomic mass is 9.92. The Labute approximate surface area is 141 Å². The first-order valence-corrected chi connectivity index (χ1v) is 8.87.